The molecule has 0 spiro atoms. The van der Waals surface area contributed by atoms with Gasteiger partial charge in [0.2, 0.25) is 0 Å². The van der Waals surface area contributed by atoms with Crippen molar-refractivity contribution in [1.29, 1.82) is 0 Å². The molecule has 4 heterocycles. The maximum Gasteiger partial charge on any atom is 0.182 e. The Morgan fingerprint density at radius 1 is 0.535 bits per heavy atom. The van der Waals surface area contributed by atoms with E-state index in [-0.39, 0.29) is 10.8 Å². The highest BCUT2D eigenvalue weighted by atomic mass is 15.3. The molecule has 4 aromatic heterocycles. The van der Waals surface area contributed by atoms with Crippen LogP contribution in [0.5, 0.6) is 0 Å². The van der Waals surface area contributed by atoms with E-state index in [2.05, 4.69) is 114 Å². The summed E-state index contributed by atoms with van der Waals surface area (Å²) >= 11 is 0. The molecule has 5 heteroatoms. The van der Waals surface area contributed by atoms with Gasteiger partial charge in [0.05, 0.1) is 11.0 Å². The second-order valence-electron chi connectivity index (χ2n) is 13.4. The Morgan fingerprint density at radius 3 is 1.86 bits per heavy atom. The van der Waals surface area contributed by atoms with Crippen LogP contribution in [-0.2, 0) is 10.8 Å². The molecule has 0 amide bonds. The van der Waals surface area contributed by atoms with E-state index in [0.717, 1.165) is 66.7 Å². The van der Waals surface area contributed by atoms with Gasteiger partial charge in [-0.25, -0.2) is 19.5 Å². The molecule has 0 unspecified atom stereocenters. The van der Waals surface area contributed by atoms with Gasteiger partial charge < -0.3 is 0 Å². The second-order valence-corrected chi connectivity index (χ2v) is 13.4. The Hall–Kier alpha value is -4.90. The van der Waals surface area contributed by atoms with Crippen molar-refractivity contribution in [2.45, 2.75) is 52.4 Å². The zero-order valence-electron chi connectivity index (χ0n) is 25.6. The van der Waals surface area contributed by atoms with E-state index in [0.29, 0.717) is 5.82 Å². The molecule has 0 aliphatic rings. The summed E-state index contributed by atoms with van der Waals surface area (Å²) in [6.07, 6.45) is 2.04. The van der Waals surface area contributed by atoms with Crippen LogP contribution in [0.2, 0.25) is 0 Å². The lowest BCUT2D eigenvalue weighted by Gasteiger charge is -2.21. The minimum atomic E-state index is -0.0667. The Bertz CT molecular complexity index is 2130. The fourth-order valence-electron chi connectivity index (χ4n) is 5.55. The van der Waals surface area contributed by atoms with Gasteiger partial charge in [-0.05, 0) is 47.0 Å². The van der Waals surface area contributed by atoms with Crippen LogP contribution >= 0.6 is 0 Å². The maximum absolute atomic E-state index is 5.22. The first-order chi connectivity index (χ1) is 20.5. The zero-order valence-corrected chi connectivity index (χ0v) is 25.6. The molecule has 0 aliphatic carbocycles. The van der Waals surface area contributed by atoms with Gasteiger partial charge in [-0.15, -0.1) is 5.10 Å². The molecule has 7 rings (SSSR count). The van der Waals surface area contributed by atoms with Crippen LogP contribution in [-0.4, -0.2) is 24.6 Å². The predicted octanol–water partition coefficient (Wildman–Crippen LogP) is 9.42. The molecular weight excluding hydrogens is 526 g/mol. The van der Waals surface area contributed by atoms with Gasteiger partial charge in [0.1, 0.15) is 0 Å². The standard InChI is InChI=1S/C38H35N5/c1-37(2,3)31-19-16-27-22-30(29-18-20-32(38(4,5)6)40-35(29)34(27)39-31)25-12-14-26(15-13-25)36-41-33-21-17-28(23-43(33)42-36)24-10-8-7-9-11-24/h7-23H,1-6H3. The summed E-state index contributed by atoms with van der Waals surface area (Å²) < 4.78 is 1.86. The minimum absolute atomic E-state index is 0.0499. The fraction of sp³-hybridized carbons (Fsp3) is 0.211. The molecule has 0 saturated carbocycles. The van der Waals surface area contributed by atoms with Crippen LogP contribution < -0.4 is 0 Å². The third-order valence-electron chi connectivity index (χ3n) is 8.07. The van der Waals surface area contributed by atoms with E-state index in [1.807, 2.05) is 35.0 Å². The third-order valence-corrected chi connectivity index (χ3v) is 8.07. The van der Waals surface area contributed by atoms with Crippen molar-refractivity contribution in [2.75, 3.05) is 0 Å². The van der Waals surface area contributed by atoms with E-state index in [4.69, 9.17) is 20.1 Å². The van der Waals surface area contributed by atoms with Crippen molar-refractivity contribution >= 4 is 27.5 Å². The monoisotopic (exact) mass is 561 g/mol. The molecule has 43 heavy (non-hydrogen) atoms. The van der Waals surface area contributed by atoms with Gasteiger partial charge in [-0.1, -0.05) is 108 Å². The van der Waals surface area contributed by atoms with E-state index >= 15 is 0 Å². The first kappa shape index (κ1) is 27.0. The molecule has 0 aliphatic heterocycles. The number of rotatable bonds is 3. The molecule has 0 N–H and O–H groups in total. The lowest BCUT2D eigenvalue weighted by Crippen LogP contribution is -2.14. The highest BCUT2D eigenvalue weighted by Gasteiger charge is 2.21. The SMILES string of the molecule is CC(C)(C)c1ccc2cc(-c3ccc(-c4nc5ccc(-c6ccccc6)cn5n4)cc3)c3ccc(C(C)(C)C)nc3c2n1. The first-order valence-electron chi connectivity index (χ1n) is 14.8. The lowest BCUT2D eigenvalue weighted by atomic mass is 9.89. The van der Waals surface area contributed by atoms with Crippen LogP contribution in [0.25, 0.3) is 61.1 Å². The molecule has 5 nitrogen and oxygen atoms in total. The number of benzene rings is 3. The van der Waals surface area contributed by atoms with E-state index in [1.54, 1.807) is 0 Å². The third kappa shape index (κ3) is 4.95. The van der Waals surface area contributed by atoms with Gasteiger partial charge in [0, 0.05) is 50.3 Å². The second kappa shape index (κ2) is 9.84. The Labute approximate surface area is 252 Å². The summed E-state index contributed by atoms with van der Waals surface area (Å²) in [5, 5.41) is 7.01. The topological polar surface area (TPSA) is 56.0 Å². The number of hydrogen-bond donors (Lipinski definition) is 0. The summed E-state index contributed by atoms with van der Waals surface area (Å²) in [6.45, 7) is 13.2. The Balaban J connectivity index is 1.32. The van der Waals surface area contributed by atoms with Crippen molar-refractivity contribution < 1.29 is 0 Å². The molecule has 0 bridgehead atoms. The zero-order chi connectivity index (χ0) is 29.9. The molecule has 3 aromatic carbocycles. The predicted molar refractivity (Wildman–Crippen MR) is 177 cm³/mol. The molecular formula is C38H35N5. The average molecular weight is 562 g/mol. The summed E-state index contributed by atoms with van der Waals surface area (Å²) in [5.74, 6) is 0.704. The molecule has 0 fully saturated rings. The minimum Gasteiger partial charge on any atom is -0.250 e. The van der Waals surface area contributed by atoms with E-state index in [9.17, 15) is 0 Å². The molecule has 0 radical (unpaired) electrons. The number of fused-ring (bicyclic) bond motifs is 4. The quantitative estimate of drug-likeness (QED) is 0.202. The van der Waals surface area contributed by atoms with Crippen LogP contribution in [0.4, 0.5) is 0 Å². The fourth-order valence-corrected chi connectivity index (χ4v) is 5.55. The van der Waals surface area contributed by atoms with Gasteiger partial charge in [-0.2, -0.15) is 0 Å². The summed E-state index contributed by atoms with van der Waals surface area (Å²) in [7, 11) is 0. The summed E-state index contributed by atoms with van der Waals surface area (Å²) in [6, 6.07) is 33.9. The Kier molecular flexibility index (Phi) is 6.17. The molecule has 0 atom stereocenters. The normalized spacial score (nSPS) is 12.4. The van der Waals surface area contributed by atoms with Crippen molar-refractivity contribution in [3.8, 4) is 33.6 Å². The average Bonchev–Trinajstić information content (AvgIpc) is 3.43. The lowest BCUT2D eigenvalue weighted by molar-refractivity contribution is 0.570. The molecule has 7 aromatic rings. The smallest absolute Gasteiger partial charge is 0.182 e. The van der Waals surface area contributed by atoms with Crippen LogP contribution in [0.1, 0.15) is 52.9 Å². The summed E-state index contributed by atoms with van der Waals surface area (Å²) in [5.41, 5.74) is 10.2. The van der Waals surface area contributed by atoms with Crippen LogP contribution in [0, 0.1) is 0 Å². The number of pyridine rings is 3. The van der Waals surface area contributed by atoms with Gasteiger partial charge in [0.25, 0.3) is 0 Å². The largest absolute Gasteiger partial charge is 0.250 e. The molecule has 212 valence electrons. The van der Waals surface area contributed by atoms with Crippen LogP contribution in [0.15, 0.2) is 103 Å². The van der Waals surface area contributed by atoms with Gasteiger partial charge >= 0.3 is 0 Å². The van der Waals surface area contributed by atoms with Gasteiger partial charge in [-0.3, -0.25) is 0 Å². The Morgan fingerprint density at radius 2 is 1.16 bits per heavy atom. The number of aromatic nitrogens is 5. The highest BCUT2D eigenvalue weighted by molar-refractivity contribution is 6.10. The first-order valence-corrected chi connectivity index (χ1v) is 14.8. The molecule has 0 saturated heterocycles. The van der Waals surface area contributed by atoms with Crippen molar-refractivity contribution in [2.24, 2.45) is 0 Å². The van der Waals surface area contributed by atoms with E-state index < -0.39 is 0 Å². The highest BCUT2D eigenvalue weighted by Crippen LogP contribution is 2.37. The van der Waals surface area contributed by atoms with Gasteiger partial charge in [0.15, 0.2) is 11.5 Å². The van der Waals surface area contributed by atoms with Crippen molar-refractivity contribution in [3.63, 3.8) is 0 Å². The van der Waals surface area contributed by atoms with Crippen molar-refractivity contribution in [1.82, 2.24) is 24.6 Å². The maximum atomic E-state index is 5.22. The van der Waals surface area contributed by atoms with Crippen LogP contribution in [0.3, 0.4) is 0 Å². The van der Waals surface area contributed by atoms with E-state index in [1.165, 1.54) is 0 Å². The number of nitrogens with zero attached hydrogens (tertiary/aromatic N) is 5. The van der Waals surface area contributed by atoms with Crippen molar-refractivity contribution in [3.05, 3.63) is 115 Å². The summed E-state index contributed by atoms with van der Waals surface area (Å²) in [4.78, 5) is 15.2. The number of hydrogen-bond acceptors (Lipinski definition) is 4.